The molecule has 144 valence electrons. The molecule has 0 unspecified atom stereocenters. The van der Waals surface area contributed by atoms with Crippen LogP contribution in [-0.4, -0.2) is 47.5 Å². The molecule has 1 atom stereocenters. The Hall–Kier alpha value is -2.63. The highest BCUT2D eigenvalue weighted by Crippen LogP contribution is 2.24. The predicted molar refractivity (Wildman–Crippen MR) is 107 cm³/mol. The van der Waals surface area contributed by atoms with Crippen LogP contribution in [0.15, 0.2) is 35.1 Å². The molecule has 1 aliphatic rings. The monoisotopic (exact) mass is 368 g/mol. The van der Waals surface area contributed by atoms with Crippen LogP contribution in [0.5, 0.6) is 0 Å². The second kappa shape index (κ2) is 8.37. The maximum absolute atomic E-state index is 12.6. The van der Waals surface area contributed by atoms with Gasteiger partial charge in [-0.15, -0.1) is 0 Å². The summed E-state index contributed by atoms with van der Waals surface area (Å²) in [5, 5.41) is 0. The zero-order valence-corrected chi connectivity index (χ0v) is 16.4. The SMILES string of the molecule is Cc1nc(=O)[nH]c(C)c1CCC(=O)N(C)C[C@H]1CCN(c2ccccc2)C1. The molecule has 6 nitrogen and oxygen atoms in total. The number of anilines is 1. The number of hydrogen-bond acceptors (Lipinski definition) is 4. The van der Waals surface area contributed by atoms with Crippen molar-refractivity contribution in [2.24, 2.45) is 5.92 Å². The van der Waals surface area contributed by atoms with Crippen molar-refractivity contribution >= 4 is 11.6 Å². The summed E-state index contributed by atoms with van der Waals surface area (Å²) in [5.41, 5.74) is 3.40. The van der Waals surface area contributed by atoms with Crippen LogP contribution in [0.1, 0.15) is 29.8 Å². The Morgan fingerprint density at radius 3 is 2.74 bits per heavy atom. The summed E-state index contributed by atoms with van der Waals surface area (Å²) in [7, 11) is 1.89. The van der Waals surface area contributed by atoms with Gasteiger partial charge in [0.2, 0.25) is 5.91 Å². The van der Waals surface area contributed by atoms with Crippen LogP contribution in [-0.2, 0) is 11.2 Å². The largest absolute Gasteiger partial charge is 0.371 e. The molecule has 0 bridgehead atoms. The van der Waals surface area contributed by atoms with Crippen molar-refractivity contribution in [2.75, 3.05) is 31.6 Å². The Balaban J connectivity index is 1.51. The maximum atomic E-state index is 12.6. The number of carbonyl (C=O) groups is 1. The van der Waals surface area contributed by atoms with Gasteiger partial charge in [-0.1, -0.05) is 18.2 Å². The number of benzene rings is 1. The van der Waals surface area contributed by atoms with E-state index in [-0.39, 0.29) is 11.6 Å². The zero-order chi connectivity index (χ0) is 19.4. The zero-order valence-electron chi connectivity index (χ0n) is 16.4. The number of aromatic nitrogens is 2. The molecule has 27 heavy (non-hydrogen) atoms. The Kier molecular flexibility index (Phi) is 5.94. The van der Waals surface area contributed by atoms with Gasteiger partial charge in [-0.3, -0.25) is 4.79 Å². The topological polar surface area (TPSA) is 69.3 Å². The van der Waals surface area contributed by atoms with E-state index in [1.165, 1.54) is 5.69 Å². The summed E-state index contributed by atoms with van der Waals surface area (Å²) in [6.07, 6.45) is 2.14. The molecule has 0 spiro atoms. The molecule has 3 rings (SSSR count). The van der Waals surface area contributed by atoms with Crippen LogP contribution in [0.25, 0.3) is 0 Å². The summed E-state index contributed by atoms with van der Waals surface area (Å²) < 4.78 is 0. The fraction of sp³-hybridized carbons (Fsp3) is 0.476. The van der Waals surface area contributed by atoms with Crippen molar-refractivity contribution in [3.8, 4) is 0 Å². The number of nitrogens with one attached hydrogen (secondary N) is 1. The van der Waals surface area contributed by atoms with Gasteiger partial charge >= 0.3 is 5.69 Å². The van der Waals surface area contributed by atoms with Crippen molar-refractivity contribution in [2.45, 2.75) is 33.1 Å². The second-order valence-corrected chi connectivity index (χ2v) is 7.44. The minimum atomic E-state index is -0.332. The summed E-state index contributed by atoms with van der Waals surface area (Å²) in [4.78, 5) is 34.8. The molecular weight excluding hydrogens is 340 g/mol. The summed E-state index contributed by atoms with van der Waals surface area (Å²) in [6, 6.07) is 10.4. The average Bonchev–Trinajstić information content (AvgIpc) is 3.09. The van der Waals surface area contributed by atoms with Gasteiger partial charge in [0.15, 0.2) is 0 Å². The van der Waals surface area contributed by atoms with Gasteiger partial charge in [0.25, 0.3) is 0 Å². The number of nitrogens with zero attached hydrogens (tertiary/aromatic N) is 3. The molecule has 1 amide bonds. The van der Waals surface area contributed by atoms with E-state index >= 15 is 0 Å². The first kappa shape index (κ1) is 19.1. The number of aromatic amines is 1. The Labute approximate surface area is 160 Å². The van der Waals surface area contributed by atoms with Crippen LogP contribution in [0.3, 0.4) is 0 Å². The molecule has 2 heterocycles. The smallest absolute Gasteiger partial charge is 0.345 e. The highest BCUT2D eigenvalue weighted by Gasteiger charge is 2.25. The third-order valence-corrected chi connectivity index (χ3v) is 5.41. The number of rotatable bonds is 6. The van der Waals surface area contributed by atoms with E-state index in [0.717, 1.165) is 37.3 Å². The van der Waals surface area contributed by atoms with E-state index in [9.17, 15) is 9.59 Å². The first-order valence-corrected chi connectivity index (χ1v) is 9.54. The number of H-pyrrole nitrogens is 1. The third kappa shape index (κ3) is 4.76. The molecule has 0 radical (unpaired) electrons. The lowest BCUT2D eigenvalue weighted by Crippen LogP contribution is -2.33. The fourth-order valence-electron chi connectivity index (χ4n) is 3.89. The Morgan fingerprint density at radius 2 is 2.04 bits per heavy atom. The minimum Gasteiger partial charge on any atom is -0.371 e. The van der Waals surface area contributed by atoms with Crippen molar-refractivity contribution in [3.63, 3.8) is 0 Å². The van der Waals surface area contributed by atoms with E-state index < -0.39 is 0 Å². The molecule has 1 aromatic carbocycles. The lowest BCUT2D eigenvalue weighted by molar-refractivity contribution is -0.130. The van der Waals surface area contributed by atoms with Crippen molar-refractivity contribution in [3.05, 3.63) is 57.8 Å². The Bertz CT molecular complexity index is 821. The predicted octanol–water partition coefficient (Wildman–Crippen LogP) is 2.30. The van der Waals surface area contributed by atoms with Gasteiger partial charge in [-0.05, 0) is 50.3 Å². The standard InChI is InChI=1S/C21H28N4O2/c1-15-19(16(2)23-21(27)22-15)9-10-20(26)24(3)13-17-11-12-25(14-17)18-7-5-4-6-8-18/h4-8,17H,9-14H2,1-3H3,(H,22,23,27)/t17-/m1/s1. The number of carbonyl (C=O) groups excluding carboxylic acids is 1. The third-order valence-electron chi connectivity index (χ3n) is 5.41. The molecule has 1 fully saturated rings. The second-order valence-electron chi connectivity index (χ2n) is 7.44. The van der Waals surface area contributed by atoms with E-state index in [0.29, 0.717) is 24.5 Å². The van der Waals surface area contributed by atoms with Gasteiger partial charge in [0.1, 0.15) is 0 Å². The van der Waals surface area contributed by atoms with Gasteiger partial charge in [-0.2, -0.15) is 4.98 Å². The summed E-state index contributed by atoms with van der Waals surface area (Å²) in [6.45, 7) is 6.49. The highest BCUT2D eigenvalue weighted by molar-refractivity contribution is 5.76. The minimum absolute atomic E-state index is 0.137. The van der Waals surface area contributed by atoms with Gasteiger partial charge in [0.05, 0.1) is 0 Å². The first-order chi connectivity index (χ1) is 12.9. The molecule has 0 aliphatic carbocycles. The normalized spacial score (nSPS) is 16.6. The molecule has 6 heteroatoms. The van der Waals surface area contributed by atoms with Crippen molar-refractivity contribution in [1.29, 1.82) is 0 Å². The quantitative estimate of drug-likeness (QED) is 0.849. The Morgan fingerprint density at radius 1 is 1.30 bits per heavy atom. The lowest BCUT2D eigenvalue weighted by Gasteiger charge is -2.23. The molecule has 1 aliphatic heterocycles. The van der Waals surface area contributed by atoms with E-state index in [2.05, 4.69) is 39.1 Å². The first-order valence-electron chi connectivity index (χ1n) is 9.54. The van der Waals surface area contributed by atoms with Gasteiger partial charge in [-0.25, -0.2) is 4.79 Å². The van der Waals surface area contributed by atoms with E-state index in [4.69, 9.17) is 0 Å². The fourth-order valence-corrected chi connectivity index (χ4v) is 3.89. The van der Waals surface area contributed by atoms with Crippen LogP contribution < -0.4 is 10.6 Å². The van der Waals surface area contributed by atoms with Crippen LogP contribution >= 0.6 is 0 Å². The molecule has 1 aromatic heterocycles. The van der Waals surface area contributed by atoms with E-state index in [1.807, 2.05) is 31.9 Å². The number of hydrogen-bond donors (Lipinski definition) is 1. The summed E-state index contributed by atoms with van der Waals surface area (Å²) >= 11 is 0. The van der Waals surface area contributed by atoms with Gasteiger partial charge < -0.3 is 14.8 Å². The van der Waals surface area contributed by atoms with Crippen LogP contribution in [0, 0.1) is 19.8 Å². The summed E-state index contributed by atoms with van der Waals surface area (Å²) in [5.74, 6) is 0.635. The lowest BCUT2D eigenvalue weighted by atomic mass is 10.1. The highest BCUT2D eigenvalue weighted by atomic mass is 16.2. The van der Waals surface area contributed by atoms with E-state index in [1.54, 1.807) is 0 Å². The molecule has 1 N–H and O–H groups in total. The molecule has 1 saturated heterocycles. The number of amides is 1. The average molecular weight is 368 g/mol. The molecule has 0 saturated carbocycles. The van der Waals surface area contributed by atoms with Crippen molar-refractivity contribution in [1.82, 2.24) is 14.9 Å². The van der Waals surface area contributed by atoms with Crippen LogP contribution in [0.4, 0.5) is 5.69 Å². The van der Waals surface area contributed by atoms with Crippen LogP contribution in [0.2, 0.25) is 0 Å². The molecule has 2 aromatic rings. The number of aryl methyl sites for hydroxylation is 2. The molecular formula is C21H28N4O2. The van der Waals surface area contributed by atoms with Gasteiger partial charge in [0, 0.05) is 50.2 Å². The maximum Gasteiger partial charge on any atom is 0.345 e. The number of para-hydroxylation sites is 1. The van der Waals surface area contributed by atoms with Crippen molar-refractivity contribution < 1.29 is 4.79 Å².